The standard InChI is InChI=1S/C21H27ClN4O/c22-17-4-1-3-16(11-17)12-23-19-5-2-6-20-18(19)13-24-21(25-20)26-9-7-15(14-27)8-10-26/h1,3-4,11,13,15,19,23,27H,2,5-10,12,14H2/t19-/m0/s1. The first-order valence-corrected chi connectivity index (χ1v) is 10.3. The minimum absolute atomic E-state index is 0.291. The number of fused-ring (bicyclic) bond motifs is 1. The van der Waals surface area contributed by atoms with E-state index < -0.39 is 0 Å². The number of piperidine rings is 1. The van der Waals surface area contributed by atoms with Crippen LogP contribution in [-0.2, 0) is 13.0 Å². The van der Waals surface area contributed by atoms with Crippen LogP contribution in [0.25, 0.3) is 0 Å². The molecule has 2 aliphatic rings. The Kier molecular flexibility index (Phi) is 5.91. The molecule has 0 saturated carbocycles. The van der Waals surface area contributed by atoms with Crippen molar-refractivity contribution in [2.24, 2.45) is 5.92 Å². The summed E-state index contributed by atoms with van der Waals surface area (Å²) in [5.41, 5.74) is 3.61. The van der Waals surface area contributed by atoms with Crippen molar-refractivity contribution in [1.29, 1.82) is 0 Å². The Hall–Kier alpha value is -1.69. The maximum absolute atomic E-state index is 9.32. The second-order valence-corrected chi connectivity index (χ2v) is 8.08. The summed E-state index contributed by atoms with van der Waals surface area (Å²) < 4.78 is 0. The summed E-state index contributed by atoms with van der Waals surface area (Å²) in [6.45, 7) is 2.95. The van der Waals surface area contributed by atoms with Crippen molar-refractivity contribution in [2.75, 3.05) is 24.6 Å². The molecular formula is C21H27ClN4O. The van der Waals surface area contributed by atoms with E-state index in [-0.39, 0.29) is 0 Å². The third-order valence-electron chi connectivity index (χ3n) is 5.77. The Labute approximate surface area is 165 Å². The van der Waals surface area contributed by atoms with Crippen LogP contribution >= 0.6 is 11.6 Å². The van der Waals surface area contributed by atoms with Gasteiger partial charge in [-0.3, -0.25) is 0 Å². The summed E-state index contributed by atoms with van der Waals surface area (Å²) in [5.74, 6) is 1.28. The zero-order valence-electron chi connectivity index (χ0n) is 15.6. The zero-order chi connectivity index (χ0) is 18.6. The predicted octanol–water partition coefficient (Wildman–Crippen LogP) is 3.51. The van der Waals surface area contributed by atoms with Gasteiger partial charge < -0.3 is 15.3 Å². The molecule has 0 spiro atoms. The van der Waals surface area contributed by atoms with Crippen LogP contribution in [0, 0.1) is 5.92 Å². The quantitative estimate of drug-likeness (QED) is 0.823. The lowest BCUT2D eigenvalue weighted by molar-refractivity contribution is 0.202. The fourth-order valence-electron chi connectivity index (χ4n) is 4.10. The van der Waals surface area contributed by atoms with Crippen molar-refractivity contribution in [3.8, 4) is 0 Å². The van der Waals surface area contributed by atoms with Crippen molar-refractivity contribution in [3.63, 3.8) is 0 Å². The topological polar surface area (TPSA) is 61.3 Å². The number of aliphatic hydroxyl groups is 1. The van der Waals surface area contributed by atoms with E-state index in [2.05, 4.69) is 21.3 Å². The monoisotopic (exact) mass is 386 g/mol. The second-order valence-electron chi connectivity index (χ2n) is 7.64. The number of benzene rings is 1. The Bertz CT molecular complexity index is 777. The highest BCUT2D eigenvalue weighted by Crippen LogP contribution is 2.30. The van der Waals surface area contributed by atoms with Crippen LogP contribution in [0.3, 0.4) is 0 Å². The molecule has 4 rings (SSSR count). The van der Waals surface area contributed by atoms with Gasteiger partial charge in [-0.05, 0) is 55.7 Å². The highest BCUT2D eigenvalue weighted by molar-refractivity contribution is 6.30. The number of nitrogens with one attached hydrogen (secondary N) is 1. The van der Waals surface area contributed by atoms with Gasteiger partial charge in [0.05, 0.1) is 5.69 Å². The summed E-state index contributed by atoms with van der Waals surface area (Å²) in [6, 6.07) is 8.29. The molecule has 144 valence electrons. The van der Waals surface area contributed by atoms with Gasteiger partial charge in [0.1, 0.15) is 0 Å². The number of nitrogens with zero attached hydrogens (tertiary/aromatic N) is 3. The van der Waals surface area contributed by atoms with Crippen LogP contribution < -0.4 is 10.2 Å². The Morgan fingerprint density at radius 2 is 2.07 bits per heavy atom. The SMILES string of the molecule is OCC1CCN(c2ncc3c(n2)CCC[C@@H]3NCc2cccc(Cl)c2)CC1. The Morgan fingerprint density at radius 1 is 1.22 bits per heavy atom. The third kappa shape index (κ3) is 4.42. The average molecular weight is 387 g/mol. The number of aryl methyl sites for hydroxylation is 1. The second kappa shape index (κ2) is 8.55. The highest BCUT2D eigenvalue weighted by Gasteiger charge is 2.25. The molecule has 1 saturated heterocycles. The molecule has 1 aromatic carbocycles. The average Bonchev–Trinajstić information content (AvgIpc) is 2.72. The molecule has 0 amide bonds. The molecule has 2 aromatic rings. The van der Waals surface area contributed by atoms with E-state index in [1.54, 1.807) is 0 Å². The molecular weight excluding hydrogens is 360 g/mol. The van der Waals surface area contributed by atoms with E-state index in [0.29, 0.717) is 18.6 Å². The first-order valence-electron chi connectivity index (χ1n) is 9.92. The molecule has 5 nitrogen and oxygen atoms in total. The summed E-state index contributed by atoms with van der Waals surface area (Å²) in [4.78, 5) is 11.8. The van der Waals surface area contributed by atoms with Crippen LogP contribution in [0.1, 0.15) is 48.5 Å². The first kappa shape index (κ1) is 18.7. The van der Waals surface area contributed by atoms with Gasteiger partial charge in [0.15, 0.2) is 0 Å². The molecule has 0 bridgehead atoms. The molecule has 1 aromatic heterocycles. The number of hydrogen-bond acceptors (Lipinski definition) is 5. The van der Waals surface area contributed by atoms with E-state index in [4.69, 9.17) is 16.6 Å². The van der Waals surface area contributed by atoms with Crippen molar-refractivity contribution in [2.45, 2.75) is 44.7 Å². The summed E-state index contributed by atoms with van der Waals surface area (Å²) >= 11 is 6.09. The number of halogens is 1. The van der Waals surface area contributed by atoms with Crippen molar-refractivity contribution in [3.05, 3.63) is 52.3 Å². The van der Waals surface area contributed by atoms with E-state index in [9.17, 15) is 5.11 Å². The molecule has 0 unspecified atom stereocenters. The maximum atomic E-state index is 9.32. The lowest BCUT2D eigenvalue weighted by Crippen LogP contribution is -2.36. The zero-order valence-corrected chi connectivity index (χ0v) is 16.3. The van der Waals surface area contributed by atoms with Crippen LogP contribution in [0.2, 0.25) is 5.02 Å². The number of anilines is 1. The summed E-state index contributed by atoms with van der Waals surface area (Å²) in [6.07, 6.45) is 7.32. The highest BCUT2D eigenvalue weighted by atomic mass is 35.5. The summed E-state index contributed by atoms with van der Waals surface area (Å²) in [7, 11) is 0. The number of aromatic nitrogens is 2. The van der Waals surface area contributed by atoms with Crippen LogP contribution in [-0.4, -0.2) is 34.8 Å². The summed E-state index contributed by atoms with van der Waals surface area (Å²) in [5, 5.41) is 13.7. The molecule has 27 heavy (non-hydrogen) atoms. The largest absolute Gasteiger partial charge is 0.396 e. The molecule has 6 heteroatoms. The van der Waals surface area contributed by atoms with Crippen LogP contribution in [0.15, 0.2) is 30.5 Å². The molecule has 1 aliphatic heterocycles. The van der Waals surface area contributed by atoms with Gasteiger partial charge in [-0.15, -0.1) is 0 Å². The maximum Gasteiger partial charge on any atom is 0.225 e. The first-order chi connectivity index (χ1) is 13.2. The fraction of sp³-hybridized carbons (Fsp3) is 0.524. The third-order valence-corrected chi connectivity index (χ3v) is 6.00. The Balaban J connectivity index is 1.44. The van der Waals surface area contributed by atoms with E-state index >= 15 is 0 Å². The molecule has 2 heterocycles. The molecule has 1 aliphatic carbocycles. The van der Waals surface area contributed by atoms with E-state index in [0.717, 1.165) is 62.7 Å². The van der Waals surface area contributed by atoms with E-state index in [1.807, 2.05) is 24.4 Å². The van der Waals surface area contributed by atoms with E-state index in [1.165, 1.54) is 16.8 Å². The minimum atomic E-state index is 0.291. The lowest BCUT2D eigenvalue weighted by Gasteiger charge is -2.32. The van der Waals surface area contributed by atoms with Gasteiger partial charge in [-0.2, -0.15) is 0 Å². The normalized spacial score (nSPS) is 20.5. The molecule has 2 N–H and O–H groups in total. The van der Waals surface area contributed by atoms with Gasteiger partial charge in [0.2, 0.25) is 5.95 Å². The van der Waals surface area contributed by atoms with Crippen molar-refractivity contribution in [1.82, 2.24) is 15.3 Å². The number of aliphatic hydroxyl groups excluding tert-OH is 1. The van der Waals surface area contributed by atoms with Gasteiger partial charge >= 0.3 is 0 Å². The Morgan fingerprint density at radius 3 is 2.85 bits per heavy atom. The molecule has 1 atom stereocenters. The van der Waals surface area contributed by atoms with Gasteiger partial charge in [-0.1, -0.05) is 23.7 Å². The number of rotatable bonds is 5. The fourth-order valence-corrected chi connectivity index (χ4v) is 4.32. The lowest BCUT2D eigenvalue weighted by atomic mass is 9.92. The smallest absolute Gasteiger partial charge is 0.225 e. The van der Waals surface area contributed by atoms with Crippen molar-refractivity contribution < 1.29 is 5.11 Å². The molecule has 1 fully saturated rings. The van der Waals surface area contributed by atoms with Gasteiger partial charge in [0.25, 0.3) is 0 Å². The van der Waals surface area contributed by atoms with Crippen LogP contribution in [0.5, 0.6) is 0 Å². The van der Waals surface area contributed by atoms with Crippen molar-refractivity contribution >= 4 is 17.5 Å². The van der Waals surface area contributed by atoms with Crippen LogP contribution in [0.4, 0.5) is 5.95 Å². The predicted molar refractivity (Wildman–Crippen MR) is 108 cm³/mol. The number of hydrogen-bond donors (Lipinski definition) is 2. The van der Waals surface area contributed by atoms with Gasteiger partial charge in [0, 0.05) is 49.1 Å². The minimum Gasteiger partial charge on any atom is -0.396 e. The molecule has 0 radical (unpaired) electrons. The van der Waals surface area contributed by atoms with Gasteiger partial charge in [-0.25, -0.2) is 9.97 Å².